The summed E-state index contributed by atoms with van der Waals surface area (Å²) < 4.78 is 5.46. The van der Waals surface area contributed by atoms with Gasteiger partial charge in [0.05, 0.1) is 13.5 Å². The van der Waals surface area contributed by atoms with Crippen LogP contribution < -0.4 is 15.0 Å². The number of para-hydroxylation sites is 1. The summed E-state index contributed by atoms with van der Waals surface area (Å²) in [6, 6.07) is 15.6. The molecule has 0 aromatic heterocycles. The second kappa shape index (κ2) is 8.96. The fraction of sp³-hybridized carbons (Fsp3) is 0.385. The quantitative estimate of drug-likeness (QED) is 0.695. The highest BCUT2D eigenvalue weighted by atomic mass is 16.5. The number of carbonyl (C=O) groups is 2. The molecular formula is C26H30N2O3. The summed E-state index contributed by atoms with van der Waals surface area (Å²) in [5.74, 6) is 0.576. The topological polar surface area (TPSA) is 58.6 Å². The van der Waals surface area contributed by atoms with E-state index in [1.165, 1.54) is 6.42 Å². The Morgan fingerprint density at radius 3 is 2.48 bits per heavy atom. The highest BCUT2D eigenvalue weighted by Gasteiger charge is 2.55. The van der Waals surface area contributed by atoms with Gasteiger partial charge in [-0.15, -0.1) is 0 Å². The smallest absolute Gasteiger partial charge is 0.251 e. The van der Waals surface area contributed by atoms with Crippen LogP contribution in [0.4, 0.5) is 5.69 Å². The molecule has 2 aromatic carbocycles. The summed E-state index contributed by atoms with van der Waals surface area (Å²) in [7, 11) is 1.63. The average molecular weight is 419 g/mol. The molecule has 1 heterocycles. The molecule has 0 spiro atoms. The van der Waals surface area contributed by atoms with Crippen LogP contribution in [0.3, 0.4) is 0 Å². The lowest BCUT2D eigenvalue weighted by Gasteiger charge is -2.49. The molecule has 1 saturated heterocycles. The molecule has 162 valence electrons. The van der Waals surface area contributed by atoms with Crippen molar-refractivity contribution in [2.24, 2.45) is 0 Å². The maximum Gasteiger partial charge on any atom is 0.251 e. The van der Waals surface area contributed by atoms with Crippen molar-refractivity contribution < 1.29 is 14.3 Å². The molecule has 0 bridgehead atoms. The molecule has 1 N–H and O–H groups in total. The number of rotatable bonds is 6. The second-order valence-electron chi connectivity index (χ2n) is 8.55. The van der Waals surface area contributed by atoms with Gasteiger partial charge in [0.25, 0.3) is 5.91 Å². The number of amides is 2. The number of nitrogens with one attached hydrogen (secondary N) is 1. The van der Waals surface area contributed by atoms with Gasteiger partial charge in [0, 0.05) is 17.3 Å². The Morgan fingerprint density at radius 1 is 1.10 bits per heavy atom. The molecule has 31 heavy (non-hydrogen) atoms. The molecule has 2 aliphatic rings. The molecule has 1 atom stereocenters. The highest BCUT2D eigenvalue weighted by Crippen LogP contribution is 2.40. The van der Waals surface area contributed by atoms with Gasteiger partial charge < -0.3 is 10.1 Å². The lowest BCUT2D eigenvalue weighted by Crippen LogP contribution is -2.70. The molecule has 0 radical (unpaired) electrons. The third kappa shape index (κ3) is 4.22. The van der Waals surface area contributed by atoms with E-state index >= 15 is 0 Å². The number of hydrogen-bond acceptors (Lipinski definition) is 3. The summed E-state index contributed by atoms with van der Waals surface area (Å²) in [5, 5.41) is 3.24. The number of ether oxygens (including phenoxy) is 1. The SMILES string of the molecule is COc1ccccc1/C=C/[C@@]1(C(=O)NC2CCCCC2)CC(=O)N1c1ccc(C)cc1. The van der Waals surface area contributed by atoms with Gasteiger partial charge in [-0.2, -0.15) is 0 Å². The largest absolute Gasteiger partial charge is 0.496 e. The van der Waals surface area contributed by atoms with Crippen molar-refractivity contribution in [1.29, 1.82) is 0 Å². The van der Waals surface area contributed by atoms with Crippen molar-refractivity contribution >= 4 is 23.6 Å². The van der Waals surface area contributed by atoms with Crippen LogP contribution in [-0.2, 0) is 9.59 Å². The Balaban J connectivity index is 1.69. The van der Waals surface area contributed by atoms with Crippen LogP contribution >= 0.6 is 0 Å². The van der Waals surface area contributed by atoms with E-state index in [2.05, 4.69) is 5.32 Å². The number of benzene rings is 2. The summed E-state index contributed by atoms with van der Waals surface area (Å²) in [6.45, 7) is 2.01. The van der Waals surface area contributed by atoms with Crippen molar-refractivity contribution in [3.8, 4) is 5.75 Å². The predicted octanol–water partition coefficient (Wildman–Crippen LogP) is 4.64. The van der Waals surface area contributed by atoms with Gasteiger partial charge in [0.15, 0.2) is 5.54 Å². The predicted molar refractivity (Wildman–Crippen MR) is 123 cm³/mol. The minimum Gasteiger partial charge on any atom is -0.496 e. The van der Waals surface area contributed by atoms with E-state index in [0.29, 0.717) is 0 Å². The minimum absolute atomic E-state index is 0.0488. The van der Waals surface area contributed by atoms with E-state index in [-0.39, 0.29) is 24.3 Å². The van der Waals surface area contributed by atoms with Crippen molar-refractivity contribution in [1.82, 2.24) is 5.32 Å². The molecule has 1 saturated carbocycles. The molecule has 0 unspecified atom stereocenters. The molecule has 2 amide bonds. The third-order valence-corrected chi connectivity index (χ3v) is 6.37. The maximum atomic E-state index is 13.6. The molecule has 2 fully saturated rings. The molecule has 1 aliphatic carbocycles. The summed E-state index contributed by atoms with van der Waals surface area (Å²) >= 11 is 0. The van der Waals surface area contributed by atoms with Crippen LogP contribution in [0.2, 0.25) is 0 Å². The van der Waals surface area contributed by atoms with E-state index in [1.54, 1.807) is 12.0 Å². The Morgan fingerprint density at radius 2 is 1.81 bits per heavy atom. The first kappa shape index (κ1) is 21.2. The zero-order valence-corrected chi connectivity index (χ0v) is 18.3. The van der Waals surface area contributed by atoms with Gasteiger partial charge in [0.2, 0.25) is 5.91 Å². The Kier molecular flexibility index (Phi) is 6.12. The number of carbonyl (C=O) groups excluding carboxylic acids is 2. The standard InChI is InChI=1S/C26H30N2O3/c1-19-12-14-22(15-13-19)28-24(29)18-26(28,25(30)27-21-9-4-3-5-10-21)17-16-20-8-6-7-11-23(20)31-2/h6-8,11-17,21H,3-5,9-10,18H2,1-2H3,(H,27,30)/b17-16+/t26-/m0/s1. The Labute approximate surface area is 184 Å². The number of anilines is 1. The number of nitrogens with zero attached hydrogens (tertiary/aromatic N) is 1. The third-order valence-electron chi connectivity index (χ3n) is 6.37. The zero-order valence-electron chi connectivity index (χ0n) is 18.3. The van der Waals surface area contributed by atoms with Crippen LogP contribution in [-0.4, -0.2) is 30.5 Å². The molecule has 5 nitrogen and oxygen atoms in total. The van der Waals surface area contributed by atoms with Crippen molar-refractivity contribution in [3.05, 3.63) is 65.7 Å². The lowest BCUT2D eigenvalue weighted by atomic mass is 9.80. The van der Waals surface area contributed by atoms with Crippen LogP contribution in [0.1, 0.15) is 49.7 Å². The van der Waals surface area contributed by atoms with Gasteiger partial charge in [-0.25, -0.2) is 0 Å². The van der Waals surface area contributed by atoms with Crippen LogP contribution in [0.15, 0.2) is 54.6 Å². The van der Waals surface area contributed by atoms with Gasteiger partial charge in [-0.05, 0) is 44.0 Å². The highest BCUT2D eigenvalue weighted by molar-refractivity contribution is 6.15. The Hall–Kier alpha value is -3.08. The summed E-state index contributed by atoms with van der Waals surface area (Å²) in [4.78, 5) is 28.0. The molecular weight excluding hydrogens is 388 g/mol. The van der Waals surface area contributed by atoms with E-state index in [0.717, 1.165) is 48.2 Å². The lowest BCUT2D eigenvalue weighted by molar-refractivity contribution is -0.137. The molecule has 1 aliphatic heterocycles. The van der Waals surface area contributed by atoms with Crippen molar-refractivity contribution in [2.75, 3.05) is 12.0 Å². The van der Waals surface area contributed by atoms with Crippen molar-refractivity contribution in [2.45, 2.75) is 57.0 Å². The number of aryl methyl sites for hydroxylation is 1. The number of methoxy groups -OCH3 is 1. The molecule has 5 heteroatoms. The average Bonchev–Trinajstić information content (AvgIpc) is 2.78. The fourth-order valence-corrected chi connectivity index (χ4v) is 4.57. The number of β-lactam (4-membered cyclic amide) rings is 1. The minimum atomic E-state index is -1.04. The first-order valence-corrected chi connectivity index (χ1v) is 11.1. The van der Waals surface area contributed by atoms with E-state index in [1.807, 2.05) is 67.6 Å². The van der Waals surface area contributed by atoms with Crippen LogP contribution in [0, 0.1) is 6.92 Å². The summed E-state index contributed by atoms with van der Waals surface area (Å²) in [6.07, 6.45) is 9.40. The van der Waals surface area contributed by atoms with Crippen LogP contribution in [0.5, 0.6) is 5.75 Å². The zero-order chi connectivity index (χ0) is 21.8. The first-order chi connectivity index (χ1) is 15.0. The van der Waals surface area contributed by atoms with Gasteiger partial charge in [-0.3, -0.25) is 14.5 Å². The van der Waals surface area contributed by atoms with Gasteiger partial charge in [0.1, 0.15) is 5.75 Å². The van der Waals surface area contributed by atoms with E-state index in [4.69, 9.17) is 4.74 Å². The monoisotopic (exact) mass is 418 g/mol. The van der Waals surface area contributed by atoms with E-state index in [9.17, 15) is 9.59 Å². The second-order valence-corrected chi connectivity index (χ2v) is 8.55. The van der Waals surface area contributed by atoms with Crippen molar-refractivity contribution in [3.63, 3.8) is 0 Å². The van der Waals surface area contributed by atoms with Crippen LogP contribution in [0.25, 0.3) is 6.08 Å². The first-order valence-electron chi connectivity index (χ1n) is 11.1. The normalized spacial score (nSPS) is 21.7. The molecule has 4 rings (SSSR count). The molecule has 2 aromatic rings. The summed E-state index contributed by atoms with van der Waals surface area (Å²) in [5.41, 5.74) is 1.69. The number of hydrogen-bond donors (Lipinski definition) is 1. The Bertz CT molecular complexity index is 976. The maximum absolute atomic E-state index is 13.6. The fourth-order valence-electron chi connectivity index (χ4n) is 4.57. The van der Waals surface area contributed by atoms with E-state index < -0.39 is 5.54 Å². The van der Waals surface area contributed by atoms with Gasteiger partial charge in [-0.1, -0.05) is 61.2 Å². The van der Waals surface area contributed by atoms with Gasteiger partial charge >= 0.3 is 0 Å².